The lowest BCUT2D eigenvalue weighted by atomic mass is 10.1. The van der Waals surface area contributed by atoms with E-state index in [0.717, 1.165) is 0 Å². The highest BCUT2D eigenvalue weighted by Crippen LogP contribution is 2.33. The highest BCUT2D eigenvalue weighted by Gasteiger charge is 2.29. The van der Waals surface area contributed by atoms with Crippen LogP contribution in [0.3, 0.4) is 0 Å². The number of rotatable bonds is 4. The van der Waals surface area contributed by atoms with E-state index in [4.69, 9.17) is 16.3 Å². The van der Waals surface area contributed by atoms with Gasteiger partial charge < -0.3 is 14.7 Å². The number of benzene rings is 1. The van der Waals surface area contributed by atoms with E-state index in [2.05, 4.69) is 0 Å². The molecule has 1 N–H and O–H groups in total. The fourth-order valence-electron chi connectivity index (χ4n) is 2.45. The molecule has 1 aliphatic rings. The van der Waals surface area contributed by atoms with E-state index in [1.807, 2.05) is 4.90 Å². The molecule has 20 heavy (non-hydrogen) atoms. The molecule has 7 heteroatoms. The van der Waals surface area contributed by atoms with Crippen LogP contribution in [0.4, 0.5) is 11.4 Å². The van der Waals surface area contributed by atoms with E-state index in [0.29, 0.717) is 36.9 Å². The minimum absolute atomic E-state index is 0.0185. The number of aliphatic hydroxyl groups excluding tert-OH is 1. The quantitative estimate of drug-likeness (QED) is 0.681. The molecular weight excluding hydrogens is 284 g/mol. The van der Waals surface area contributed by atoms with Crippen molar-refractivity contribution in [3.05, 3.63) is 33.3 Å². The number of aliphatic hydroxyl groups is 1. The van der Waals surface area contributed by atoms with Crippen molar-refractivity contribution in [2.45, 2.75) is 25.5 Å². The van der Waals surface area contributed by atoms with Crippen molar-refractivity contribution in [1.29, 1.82) is 0 Å². The van der Waals surface area contributed by atoms with Gasteiger partial charge in [0.05, 0.1) is 30.3 Å². The molecule has 2 atom stereocenters. The number of nitro benzene ring substituents is 1. The molecule has 1 heterocycles. The number of anilines is 1. The van der Waals surface area contributed by atoms with Crippen molar-refractivity contribution in [1.82, 2.24) is 0 Å². The Balaban J connectivity index is 2.34. The van der Waals surface area contributed by atoms with Crippen molar-refractivity contribution in [2.24, 2.45) is 0 Å². The van der Waals surface area contributed by atoms with E-state index >= 15 is 0 Å². The van der Waals surface area contributed by atoms with Gasteiger partial charge in [-0.25, -0.2) is 0 Å². The fraction of sp³-hybridized carbons (Fsp3) is 0.538. The first-order chi connectivity index (χ1) is 9.49. The number of hydrogen-bond acceptors (Lipinski definition) is 5. The monoisotopic (exact) mass is 300 g/mol. The number of nitrogens with zero attached hydrogens (tertiary/aromatic N) is 2. The largest absolute Gasteiger partial charge is 0.393 e. The summed E-state index contributed by atoms with van der Waals surface area (Å²) in [5.41, 5.74) is 0.503. The maximum Gasteiger partial charge on any atom is 0.294 e. The Morgan fingerprint density at radius 1 is 1.65 bits per heavy atom. The molecule has 1 aliphatic heterocycles. The smallest absolute Gasteiger partial charge is 0.294 e. The standard InChI is InChI=1S/C13H17ClN2O4/c1-9(17)6-11-8-20-5-4-15(11)12-3-2-10(14)7-13(12)16(18)19/h2-3,7,9,11,17H,4-6,8H2,1H3/t9-,11-/m1/s1. The van der Waals surface area contributed by atoms with Crippen molar-refractivity contribution in [3.63, 3.8) is 0 Å². The van der Waals surface area contributed by atoms with Gasteiger partial charge in [0, 0.05) is 17.6 Å². The molecule has 0 amide bonds. The molecule has 0 aromatic heterocycles. The number of morpholine rings is 1. The van der Waals surface area contributed by atoms with Crippen LogP contribution in [0.1, 0.15) is 13.3 Å². The zero-order valence-electron chi connectivity index (χ0n) is 11.2. The molecule has 6 nitrogen and oxygen atoms in total. The molecule has 1 aromatic carbocycles. The second kappa shape index (κ2) is 6.39. The van der Waals surface area contributed by atoms with Gasteiger partial charge in [0.1, 0.15) is 5.69 Å². The summed E-state index contributed by atoms with van der Waals surface area (Å²) in [6.45, 7) is 3.21. The Labute approximate surface area is 122 Å². The second-order valence-corrected chi connectivity index (χ2v) is 5.33. The van der Waals surface area contributed by atoms with Crippen LogP contribution in [0.25, 0.3) is 0 Å². The average Bonchev–Trinajstić information content (AvgIpc) is 2.39. The lowest BCUT2D eigenvalue weighted by Crippen LogP contribution is -2.47. The van der Waals surface area contributed by atoms with E-state index in [1.54, 1.807) is 19.1 Å². The Kier molecular flexibility index (Phi) is 4.80. The molecule has 110 valence electrons. The van der Waals surface area contributed by atoms with E-state index < -0.39 is 11.0 Å². The Morgan fingerprint density at radius 3 is 3.05 bits per heavy atom. The topological polar surface area (TPSA) is 75.8 Å². The Bertz CT molecular complexity index is 495. The molecule has 0 bridgehead atoms. The third kappa shape index (κ3) is 3.39. The van der Waals surface area contributed by atoms with Gasteiger partial charge in [-0.2, -0.15) is 0 Å². The van der Waals surface area contributed by atoms with Crippen LogP contribution in [0.15, 0.2) is 18.2 Å². The van der Waals surface area contributed by atoms with Crippen LogP contribution < -0.4 is 4.90 Å². The zero-order chi connectivity index (χ0) is 14.7. The first-order valence-corrected chi connectivity index (χ1v) is 6.83. The van der Waals surface area contributed by atoms with Crippen LogP contribution in [-0.4, -0.2) is 41.9 Å². The minimum Gasteiger partial charge on any atom is -0.393 e. The molecule has 0 radical (unpaired) electrons. The second-order valence-electron chi connectivity index (χ2n) is 4.90. The first-order valence-electron chi connectivity index (χ1n) is 6.45. The summed E-state index contributed by atoms with van der Waals surface area (Å²) < 4.78 is 5.41. The summed E-state index contributed by atoms with van der Waals surface area (Å²) in [6, 6.07) is 4.56. The lowest BCUT2D eigenvalue weighted by Gasteiger charge is -2.37. The summed E-state index contributed by atoms with van der Waals surface area (Å²) in [5.74, 6) is 0. The predicted octanol–water partition coefficient (Wildman–Crippen LogP) is 2.22. The number of nitro groups is 1. The minimum atomic E-state index is -0.490. The van der Waals surface area contributed by atoms with E-state index in [-0.39, 0.29) is 11.7 Å². The maximum absolute atomic E-state index is 11.2. The summed E-state index contributed by atoms with van der Waals surface area (Å²) in [7, 11) is 0. The van der Waals surface area contributed by atoms with Crippen LogP contribution in [0, 0.1) is 10.1 Å². The first kappa shape index (κ1) is 15.0. The molecule has 0 unspecified atom stereocenters. The van der Waals surface area contributed by atoms with Gasteiger partial charge >= 0.3 is 0 Å². The maximum atomic E-state index is 11.2. The summed E-state index contributed by atoms with van der Waals surface area (Å²) in [4.78, 5) is 12.7. The van der Waals surface area contributed by atoms with Crippen LogP contribution in [0.2, 0.25) is 5.02 Å². The molecule has 1 saturated heterocycles. The normalized spacial score (nSPS) is 20.8. The van der Waals surface area contributed by atoms with Gasteiger partial charge in [-0.15, -0.1) is 0 Å². The molecular formula is C13H17ClN2O4. The third-order valence-electron chi connectivity index (χ3n) is 3.28. The highest BCUT2D eigenvalue weighted by molar-refractivity contribution is 6.30. The average molecular weight is 301 g/mol. The van der Waals surface area contributed by atoms with Crippen LogP contribution in [0.5, 0.6) is 0 Å². The van der Waals surface area contributed by atoms with Gasteiger partial charge in [0.2, 0.25) is 0 Å². The fourth-order valence-corrected chi connectivity index (χ4v) is 2.61. The van der Waals surface area contributed by atoms with Crippen molar-refractivity contribution in [2.75, 3.05) is 24.7 Å². The van der Waals surface area contributed by atoms with Crippen LogP contribution >= 0.6 is 11.6 Å². The van der Waals surface area contributed by atoms with Crippen molar-refractivity contribution < 1.29 is 14.8 Å². The number of halogens is 1. The molecule has 0 saturated carbocycles. The van der Waals surface area contributed by atoms with Gasteiger partial charge in [-0.3, -0.25) is 10.1 Å². The van der Waals surface area contributed by atoms with Gasteiger partial charge in [-0.1, -0.05) is 11.6 Å². The number of ether oxygens (including phenoxy) is 1. The zero-order valence-corrected chi connectivity index (χ0v) is 11.9. The third-order valence-corrected chi connectivity index (χ3v) is 3.52. The van der Waals surface area contributed by atoms with E-state index in [9.17, 15) is 15.2 Å². The molecule has 0 spiro atoms. The van der Waals surface area contributed by atoms with Crippen LogP contribution in [-0.2, 0) is 4.74 Å². The Hall–Kier alpha value is -1.37. The van der Waals surface area contributed by atoms with Gasteiger partial charge in [0.25, 0.3) is 5.69 Å². The number of hydrogen-bond donors (Lipinski definition) is 1. The molecule has 1 fully saturated rings. The van der Waals surface area contributed by atoms with Gasteiger partial charge in [-0.05, 0) is 25.5 Å². The van der Waals surface area contributed by atoms with E-state index in [1.165, 1.54) is 6.07 Å². The summed E-state index contributed by atoms with van der Waals surface area (Å²) in [5, 5.41) is 21.1. The lowest BCUT2D eigenvalue weighted by molar-refractivity contribution is -0.384. The van der Waals surface area contributed by atoms with Crippen molar-refractivity contribution >= 4 is 23.0 Å². The highest BCUT2D eigenvalue weighted by atomic mass is 35.5. The van der Waals surface area contributed by atoms with Crippen molar-refractivity contribution in [3.8, 4) is 0 Å². The Morgan fingerprint density at radius 2 is 2.40 bits per heavy atom. The predicted molar refractivity (Wildman–Crippen MR) is 76.4 cm³/mol. The summed E-state index contributed by atoms with van der Waals surface area (Å²) >= 11 is 5.83. The molecule has 1 aromatic rings. The SMILES string of the molecule is C[C@@H](O)C[C@@H]1COCCN1c1ccc(Cl)cc1[N+](=O)[O-]. The van der Waals surface area contributed by atoms with Gasteiger partial charge in [0.15, 0.2) is 0 Å². The molecule has 2 rings (SSSR count). The summed E-state index contributed by atoms with van der Waals surface area (Å²) in [6.07, 6.45) is 0.00956. The molecule has 0 aliphatic carbocycles.